The number of anilines is 1. The molecule has 0 aliphatic carbocycles. The highest BCUT2D eigenvalue weighted by molar-refractivity contribution is 14.0. The minimum absolute atomic E-state index is 0. The molecule has 5 nitrogen and oxygen atoms in total. The first-order valence-corrected chi connectivity index (χ1v) is 9.54. The molecule has 1 aliphatic heterocycles. The Morgan fingerprint density at radius 1 is 1.19 bits per heavy atom. The summed E-state index contributed by atoms with van der Waals surface area (Å²) in [5.74, 6) is 0.933. The van der Waals surface area contributed by atoms with Crippen LogP contribution in [0.25, 0.3) is 0 Å². The number of halogens is 1. The fourth-order valence-electron chi connectivity index (χ4n) is 3.14. The molecule has 1 fully saturated rings. The molecule has 0 bridgehead atoms. The standard InChI is InChI=1S/C20H35N5.HI/c1-6-21-20(23-18-11-13-25(14-12-18)16(2)3)22-15-17-7-9-19(10-8-17)24(4)5;/h7-10,16,18H,6,11-15H2,1-5H3,(H2,21,22,23);1H. The van der Waals surface area contributed by atoms with Gasteiger partial charge in [0.1, 0.15) is 0 Å². The molecular weight excluding hydrogens is 437 g/mol. The second kappa shape index (κ2) is 11.6. The Hall–Kier alpha value is -1.02. The number of likely N-dealkylation sites (tertiary alicyclic amines) is 1. The normalized spacial score (nSPS) is 16.3. The van der Waals surface area contributed by atoms with Gasteiger partial charge in [-0.2, -0.15) is 0 Å². The molecule has 6 heteroatoms. The summed E-state index contributed by atoms with van der Waals surface area (Å²) in [5, 5.41) is 7.00. The van der Waals surface area contributed by atoms with E-state index in [1.165, 1.54) is 37.2 Å². The summed E-state index contributed by atoms with van der Waals surface area (Å²) in [6.07, 6.45) is 2.36. The lowest BCUT2D eigenvalue weighted by Crippen LogP contribution is -2.49. The van der Waals surface area contributed by atoms with Crippen LogP contribution in [-0.4, -0.2) is 56.7 Å². The third-order valence-electron chi connectivity index (χ3n) is 4.82. The predicted molar refractivity (Wildman–Crippen MR) is 124 cm³/mol. The van der Waals surface area contributed by atoms with E-state index in [1.54, 1.807) is 0 Å². The monoisotopic (exact) mass is 473 g/mol. The van der Waals surface area contributed by atoms with Crippen molar-refractivity contribution in [2.24, 2.45) is 4.99 Å². The molecular formula is C20H36IN5. The maximum Gasteiger partial charge on any atom is 0.191 e. The van der Waals surface area contributed by atoms with E-state index in [4.69, 9.17) is 4.99 Å². The van der Waals surface area contributed by atoms with E-state index in [0.717, 1.165) is 12.5 Å². The zero-order valence-corrected chi connectivity index (χ0v) is 19.3. The van der Waals surface area contributed by atoms with Crippen LogP contribution < -0.4 is 15.5 Å². The molecule has 1 aromatic carbocycles. The van der Waals surface area contributed by atoms with E-state index < -0.39 is 0 Å². The maximum atomic E-state index is 4.77. The van der Waals surface area contributed by atoms with Crippen molar-refractivity contribution in [3.8, 4) is 0 Å². The lowest BCUT2D eigenvalue weighted by molar-refractivity contribution is 0.167. The minimum Gasteiger partial charge on any atom is -0.378 e. The lowest BCUT2D eigenvalue weighted by Gasteiger charge is -2.35. The molecule has 1 saturated heterocycles. The molecule has 148 valence electrons. The second-order valence-corrected chi connectivity index (χ2v) is 7.30. The first-order valence-electron chi connectivity index (χ1n) is 9.54. The molecule has 0 radical (unpaired) electrons. The van der Waals surface area contributed by atoms with Gasteiger partial charge < -0.3 is 20.4 Å². The first kappa shape index (κ1) is 23.0. The van der Waals surface area contributed by atoms with Gasteiger partial charge in [0, 0.05) is 51.5 Å². The van der Waals surface area contributed by atoms with Gasteiger partial charge in [-0.15, -0.1) is 24.0 Å². The average Bonchev–Trinajstić information content (AvgIpc) is 2.60. The van der Waals surface area contributed by atoms with Crippen molar-refractivity contribution in [3.63, 3.8) is 0 Å². The van der Waals surface area contributed by atoms with Crippen molar-refractivity contribution < 1.29 is 0 Å². The van der Waals surface area contributed by atoms with Crippen LogP contribution in [0.3, 0.4) is 0 Å². The predicted octanol–water partition coefficient (Wildman–Crippen LogP) is 3.30. The Morgan fingerprint density at radius 2 is 1.81 bits per heavy atom. The second-order valence-electron chi connectivity index (χ2n) is 7.30. The largest absolute Gasteiger partial charge is 0.378 e. The van der Waals surface area contributed by atoms with Gasteiger partial charge in [-0.05, 0) is 51.3 Å². The summed E-state index contributed by atoms with van der Waals surface area (Å²) in [5.41, 5.74) is 2.45. The number of benzene rings is 1. The molecule has 1 aliphatic rings. The van der Waals surface area contributed by atoms with Crippen molar-refractivity contribution in [1.82, 2.24) is 15.5 Å². The Labute approximate surface area is 176 Å². The van der Waals surface area contributed by atoms with Crippen LogP contribution in [0.5, 0.6) is 0 Å². The molecule has 2 N–H and O–H groups in total. The topological polar surface area (TPSA) is 42.9 Å². The van der Waals surface area contributed by atoms with Crippen molar-refractivity contribution >= 4 is 35.6 Å². The van der Waals surface area contributed by atoms with Gasteiger partial charge >= 0.3 is 0 Å². The third kappa shape index (κ3) is 7.31. The summed E-state index contributed by atoms with van der Waals surface area (Å²) in [6.45, 7) is 10.6. The Morgan fingerprint density at radius 3 is 2.31 bits per heavy atom. The summed E-state index contributed by atoms with van der Waals surface area (Å²) >= 11 is 0. The smallest absolute Gasteiger partial charge is 0.191 e. The summed E-state index contributed by atoms with van der Waals surface area (Å²) in [4.78, 5) is 9.44. The van der Waals surface area contributed by atoms with Crippen molar-refractivity contribution in [3.05, 3.63) is 29.8 Å². The van der Waals surface area contributed by atoms with Crippen LogP contribution in [-0.2, 0) is 6.54 Å². The number of hydrogen-bond donors (Lipinski definition) is 2. The van der Waals surface area contributed by atoms with E-state index in [1.807, 2.05) is 0 Å². The van der Waals surface area contributed by atoms with Crippen LogP contribution in [0.15, 0.2) is 29.3 Å². The summed E-state index contributed by atoms with van der Waals surface area (Å²) in [7, 11) is 4.12. The lowest BCUT2D eigenvalue weighted by atomic mass is 10.0. The van der Waals surface area contributed by atoms with Crippen LogP contribution in [0, 0.1) is 0 Å². The van der Waals surface area contributed by atoms with Crippen LogP contribution >= 0.6 is 24.0 Å². The highest BCUT2D eigenvalue weighted by Gasteiger charge is 2.21. The van der Waals surface area contributed by atoms with Crippen molar-refractivity contribution in [2.75, 3.05) is 38.6 Å². The summed E-state index contributed by atoms with van der Waals surface area (Å²) in [6, 6.07) is 9.77. The van der Waals surface area contributed by atoms with Gasteiger partial charge in [0.25, 0.3) is 0 Å². The third-order valence-corrected chi connectivity index (χ3v) is 4.82. The van der Waals surface area contributed by atoms with E-state index >= 15 is 0 Å². The summed E-state index contributed by atoms with van der Waals surface area (Å²) < 4.78 is 0. The quantitative estimate of drug-likeness (QED) is 0.378. The zero-order chi connectivity index (χ0) is 18.2. The molecule has 0 aromatic heterocycles. The van der Waals surface area contributed by atoms with Crippen molar-refractivity contribution in [2.45, 2.75) is 52.2 Å². The van der Waals surface area contributed by atoms with Gasteiger partial charge in [0.2, 0.25) is 0 Å². The highest BCUT2D eigenvalue weighted by atomic mass is 127. The molecule has 1 aromatic rings. The van der Waals surface area contributed by atoms with Gasteiger partial charge in [0.05, 0.1) is 6.54 Å². The first-order chi connectivity index (χ1) is 12.0. The number of nitrogens with one attached hydrogen (secondary N) is 2. The van der Waals surface area contributed by atoms with Crippen LogP contribution in [0.1, 0.15) is 39.2 Å². The molecule has 0 unspecified atom stereocenters. The van der Waals surface area contributed by atoms with E-state index in [0.29, 0.717) is 18.6 Å². The average molecular weight is 473 g/mol. The Kier molecular flexibility index (Phi) is 10.3. The van der Waals surface area contributed by atoms with Crippen molar-refractivity contribution in [1.29, 1.82) is 0 Å². The van der Waals surface area contributed by atoms with Gasteiger partial charge in [-0.3, -0.25) is 0 Å². The molecule has 0 atom stereocenters. The number of guanidine groups is 1. The Balaban J connectivity index is 0.00000338. The SMILES string of the molecule is CCNC(=NCc1ccc(N(C)C)cc1)NC1CCN(C(C)C)CC1.I. The number of hydrogen-bond acceptors (Lipinski definition) is 3. The van der Waals surface area contributed by atoms with E-state index in [2.05, 4.69) is 79.6 Å². The zero-order valence-electron chi connectivity index (χ0n) is 17.0. The molecule has 2 rings (SSSR count). The van der Waals surface area contributed by atoms with E-state index in [9.17, 15) is 0 Å². The Bertz CT molecular complexity index is 534. The molecule has 0 amide bonds. The number of piperidine rings is 1. The van der Waals surface area contributed by atoms with Crippen LogP contribution in [0.2, 0.25) is 0 Å². The fraction of sp³-hybridized carbons (Fsp3) is 0.650. The molecule has 1 heterocycles. The number of rotatable bonds is 6. The van der Waals surface area contributed by atoms with E-state index in [-0.39, 0.29) is 24.0 Å². The molecule has 0 spiro atoms. The number of aliphatic imine (C=N–C) groups is 1. The van der Waals surface area contributed by atoms with Crippen LogP contribution in [0.4, 0.5) is 5.69 Å². The number of nitrogens with zero attached hydrogens (tertiary/aromatic N) is 3. The maximum absolute atomic E-state index is 4.77. The highest BCUT2D eigenvalue weighted by Crippen LogP contribution is 2.14. The minimum atomic E-state index is 0. The van der Waals surface area contributed by atoms with Gasteiger partial charge in [-0.25, -0.2) is 4.99 Å². The molecule has 0 saturated carbocycles. The fourth-order valence-corrected chi connectivity index (χ4v) is 3.14. The van der Waals surface area contributed by atoms with Gasteiger partial charge in [-0.1, -0.05) is 12.1 Å². The molecule has 26 heavy (non-hydrogen) atoms. The van der Waals surface area contributed by atoms with Gasteiger partial charge in [0.15, 0.2) is 5.96 Å².